The first-order valence-electron chi connectivity index (χ1n) is 7.16. The fourth-order valence-corrected chi connectivity index (χ4v) is 2.56. The topological polar surface area (TPSA) is 51.5 Å². The van der Waals surface area contributed by atoms with Crippen LogP contribution in [-0.4, -0.2) is 7.11 Å². The van der Waals surface area contributed by atoms with Crippen LogP contribution in [0.3, 0.4) is 0 Å². The first-order valence-corrected chi connectivity index (χ1v) is 7.95. The summed E-state index contributed by atoms with van der Waals surface area (Å²) in [5.41, 5.74) is 1.03. The Bertz CT molecular complexity index is 664. The first-order chi connectivity index (χ1) is 10.5. The van der Waals surface area contributed by atoms with E-state index in [1.54, 1.807) is 0 Å². The van der Waals surface area contributed by atoms with E-state index in [9.17, 15) is 4.79 Å². The van der Waals surface area contributed by atoms with E-state index >= 15 is 0 Å². The minimum absolute atomic E-state index is 0.171. The Hall–Kier alpha value is -1.59. The minimum Gasteiger partial charge on any atom is -0.490 e. The van der Waals surface area contributed by atoms with Crippen LogP contribution in [0.25, 0.3) is 0 Å². The molecule has 0 radical (unpaired) electrons. The number of rotatable bonds is 6. The first kappa shape index (κ1) is 16.8. The third-order valence-electron chi connectivity index (χ3n) is 3.46. The highest BCUT2D eigenvalue weighted by Gasteiger charge is 2.16. The molecule has 0 aliphatic heterocycles. The van der Waals surface area contributed by atoms with Crippen molar-refractivity contribution in [2.24, 2.45) is 5.92 Å². The van der Waals surface area contributed by atoms with Crippen molar-refractivity contribution >= 4 is 15.9 Å². The van der Waals surface area contributed by atoms with E-state index in [-0.39, 0.29) is 17.2 Å². The van der Waals surface area contributed by atoms with Crippen LogP contribution >= 0.6 is 15.9 Å². The van der Waals surface area contributed by atoms with Gasteiger partial charge in [0.15, 0.2) is 0 Å². The SMILES string of the molecule is COc1coc(CNC(c2ccc(Br)cc2)C(C)C)cc1=O. The van der Waals surface area contributed by atoms with Crippen LogP contribution in [-0.2, 0) is 6.54 Å². The monoisotopic (exact) mass is 365 g/mol. The zero-order valence-corrected chi connectivity index (χ0v) is 14.5. The van der Waals surface area contributed by atoms with Crippen molar-refractivity contribution < 1.29 is 9.15 Å². The molecule has 4 nitrogen and oxygen atoms in total. The predicted octanol–water partition coefficient (Wildman–Crippen LogP) is 3.90. The number of methoxy groups -OCH3 is 1. The van der Waals surface area contributed by atoms with Crippen molar-refractivity contribution in [3.05, 3.63) is 62.6 Å². The highest BCUT2D eigenvalue weighted by atomic mass is 79.9. The van der Waals surface area contributed by atoms with Crippen molar-refractivity contribution in [1.82, 2.24) is 5.32 Å². The van der Waals surface area contributed by atoms with Gasteiger partial charge in [-0.1, -0.05) is 41.9 Å². The number of halogens is 1. The van der Waals surface area contributed by atoms with Gasteiger partial charge in [-0.15, -0.1) is 0 Å². The average Bonchev–Trinajstić information content (AvgIpc) is 2.49. The number of nitrogens with one attached hydrogen (secondary N) is 1. The lowest BCUT2D eigenvalue weighted by molar-refractivity contribution is 0.357. The molecule has 0 aliphatic rings. The van der Waals surface area contributed by atoms with E-state index in [0.717, 1.165) is 4.47 Å². The maximum absolute atomic E-state index is 11.7. The van der Waals surface area contributed by atoms with E-state index in [4.69, 9.17) is 9.15 Å². The second-order valence-electron chi connectivity index (χ2n) is 5.43. The van der Waals surface area contributed by atoms with Gasteiger partial charge < -0.3 is 14.5 Å². The molecule has 0 saturated heterocycles. The second kappa shape index (κ2) is 7.61. The summed E-state index contributed by atoms with van der Waals surface area (Å²) in [4.78, 5) is 11.7. The van der Waals surface area contributed by atoms with Crippen molar-refractivity contribution in [2.75, 3.05) is 7.11 Å². The molecule has 5 heteroatoms. The maximum Gasteiger partial charge on any atom is 0.227 e. The highest BCUT2D eigenvalue weighted by Crippen LogP contribution is 2.23. The summed E-state index contributed by atoms with van der Waals surface area (Å²) in [7, 11) is 1.45. The summed E-state index contributed by atoms with van der Waals surface area (Å²) >= 11 is 3.45. The van der Waals surface area contributed by atoms with Gasteiger partial charge in [0, 0.05) is 16.6 Å². The summed E-state index contributed by atoms with van der Waals surface area (Å²) in [6, 6.07) is 9.88. The molecule has 22 heavy (non-hydrogen) atoms. The fourth-order valence-electron chi connectivity index (χ4n) is 2.30. The molecule has 1 atom stereocenters. The number of ether oxygens (including phenoxy) is 1. The van der Waals surface area contributed by atoms with Gasteiger partial charge in [-0.25, -0.2) is 0 Å². The Kier molecular flexibility index (Phi) is 5.80. The van der Waals surface area contributed by atoms with E-state index in [0.29, 0.717) is 18.2 Å². The Labute approximate surface area is 138 Å². The van der Waals surface area contributed by atoms with Crippen LogP contribution in [0.1, 0.15) is 31.2 Å². The Balaban J connectivity index is 2.11. The molecule has 1 aromatic heterocycles. The molecule has 2 rings (SSSR count). The summed E-state index contributed by atoms with van der Waals surface area (Å²) in [6.45, 7) is 4.80. The predicted molar refractivity (Wildman–Crippen MR) is 90.1 cm³/mol. The van der Waals surface area contributed by atoms with Crippen molar-refractivity contribution in [3.8, 4) is 5.75 Å². The number of hydrogen-bond acceptors (Lipinski definition) is 4. The van der Waals surface area contributed by atoms with Gasteiger partial charge in [0.25, 0.3) is 0 Å². The maximum atomic E-state index is 11.7. The molecule has 0 amide bonds. The van der Waals surface area contributed by atoms with Crippen molar-refractivity contribution in [1.29, 1.82) is 0 Å². The van der Waals surface area contributed by atoms with Gasteiger partial charge >= 0.3 is 0 Å². The molecule has 0 aliphatic carbocycles. The molecule has 1 N–H and O–H groups in total. The molecule has 2 aromatic rings. The van der Waals surface area contributed by atoms with E-state index < -0.39 is 0 Å². The number of hydrogen-bond donors (Lipinski definition) is 1. The lowest BCUT2D eigenvalue weighted by atomic mass is 9.96. The molecule has 0 fully saturated rings. The molecule has 1 heterocycles. The third kappa shape index (κ3) is 4.21. The molecule has 0 bridgehead atoms. The quantitative estimate of drug-likeness (QED) is 0.843. The largest absolute Gasteiger partial charge is 0.490 e. The highest BCUT2D eigenvalue weighted by molar-refractivity contribution is 9.10. The van der Waals surface area contributed by atoms with E-state index in [1.807, 2.05) is 12.1 Å². The van der Waals surface area contributed by atoms with Crippen molar-refractivity contribution in [2.45, 2.75) is 26.4 Å². The summed E-state index contributed by atoms with van der Waals surface area (Å²) in [6.07, 6.45) is 1.35. The minimum atomic E-state index is -0.171. The van der Waals surface area contributed by atoms with Crippen LogP contribution in [0.5, 0.6) is 5.75 Å². The standard InChI is InChI=1S/C17H20BrNO3/c1-11(2)17(12-4-6-13(18)7-5-12)19-9-14-8-15(20)16(21-3)10-22-14/h4-8,10-11,17,19H,9H2,1-3H3. The van der Waals surface area contributed by atoms with Gasteiger partial charge in [-0.2, -0.15) is 0 Å². The Morgan fingerprint density at radius 1 is 1.27 bits per heavy atom. The zero-order valence-electron chi connectivity index (χ0n) is 12.9. The summed E-state index contributed by atoms with van der Waals surface area (Å²) in [5, 5.41) is 3.45. The smallest absolute Gasteiger partial charge is 0.227 e. The van der Waals surface area contributed by atoms with Crippen LogP contribution in [0, 0.1) is 5.92 Å². The molecule has 118 valence electrons. The molecule has 1 unspecified atom stereocenters. The van der Waals surface area contributed by atoms with E-state index in [1.165, 1.54) is 25.0 Å². The molecule has 0 spiro atoms. The Morgan fingerprint density at radius 3 is 2.50 bits per heavy atom. The van der Waals surface area contributed by atoms with Gasteiger partial charge in [-0.05, 0) is 23.6 Å². The molecular formula is C17H20BrNO3. The van der Waals surface area contributed by atoms with Gasteiger partial charge in [0.2, 0.25) is 11.2 Å². The normalized spacial score (nSPS) is 12.4. The third-order valence-corrected chi connectivity index (χ3v) is 3.99. The Morgan fingerprint density at radius 2 is 1.95 bits per heavy atom. The molecule has 0 saturated carbocycles. The fraction of sp³-hybridized carbons (Fsp3) is 0.353. The zero-order chi connectivity index (χ0) is 16.1. The van der Waals surface area contributed by atoms with E-state index in [2.05, 4.69) is 47.2 Å². The molecular weight excluding hydrogens is 346 g/mol. The average molecular weight is 366 g/mol. The van der Waals surface area contributed by atoms with Crippen LogP contribution in [0.2, 0.25) is 0 Å². The van der Waals surface area contributed by atoms with Crippen LogP contribution < -0.4 is 15.5 Å². The van der Waals surface area contributed by atoms with Crippen LogP contribution in [0.15, 0.2) is 50.3 Å². The van der Waals surface area contributed by atoms with Gasteiger partial charge in [0.1, 0.15) is 12.0 Å². The van der Waals surface area contributed by atoms with Gasteiger partial charge in [0.05, 0.1) is 13.7 Å². The lowest BCUT2D eigenvalue weighted by Crippen LogP contribution is -2.25. The lowest BCUT2D eigenvalue weighted by Gasteiger charge is -2.23. The van der Waals surface area contributed by atoms with Crippen LogP contribution in [0.4, 0.5) is 0 Å². The second-order valence-corrected chi connectivity index (χ2v) is 6.35. The summed E-state index contributed by atoms with van der Waals surface area (Å²) in [5.74, 6) is 1.22. The van der Waals surface area contributed by atoms with Crippen molar-refractivity contribution in [3.63, 3.8) is 0 Å². The summed E-state index contributed by atoms with van der Waals surface area (Å²) < 4.78 is 11.4. The van der Waals surface area contributed by atoms with Gasteiger partial charge in [-0.3, -0.25) is 4.79 Å². The number of benzene rings is 1. The molecule has 1 aromatic carbocycles.